The summed E-state index contributed by atoms with van der Waals surface area (Å²) in [6.45, 7) is 2.57. The molecule has 0 rings (SSSR count). The van der Waals surface area contributed by atoms with Crippen molar-refractivity contribution in [2.24, 2.45) is 0 Å². The molecule has 0 aliphatic carbocycles. The summed E-state index contributed by atoms with van der Waals surface area (Å²) in [6, 6.07) is 0. The molecule has 0 saturated heterocycles. The Bertz CT molecular complexity index is 154. The van der Waals surface area contributed by atoms with E-state index < -0.39 is 7.32 Å². The molecular weight excluding hydrogens is 297 g/mol. The van der Waals surface area contributed by atoms with E-state index in [1.807, 2.05) is 0 Å². The Kier molecular flexibility index (Phi) is 33.4. The van der Waals surface area contributed by atoms with Crippen molar-refractivity contribution >= 4 is 7.32 Å². The zero-order valence-electron chi connectivity index (χ0n) is 13.0. The Labute approximate surface area is 203 Å². The Morgan fingerprint density at radius 3 is 1.58 bits per heavy atom. The van der Waals surface area contributed by atoms with Crippen LogP contribution in [0.1, 0.15) is 71.1 Å². The van der Waals surface area contributed by atoms with E-state index >= 15 is 0 Å². The SMILES string of the molecule is CCCCCCCCCCCCOOB([O-])[O-].[K+].[K+]. The van der Waals surface area contributed by atoms with Crippen LogP contribution in [0.5, 0.6) is 0 Å². The van der Waals surface area contributed by atoms with Crippen molar-refractivity contribution in [1.82, 2.24) is 0 Å². The first kappa shape index (κ1) is 27.0. The number of hydrogen-bond acceptors (Lipinski definition) is 4. The standard InChI is InChI=1S/C12H25BO4.2K/c1-2-3-4-5-6-7-8-9-10-11-12-16-17-13(14)15;;/h2-12H2,1H3;;/q-2;2*+1. The summed E-state index contributed by atoms with van der Waals surface area (Å²) in [7, 11) is -2.32. The van der Waals surface area contributed by atoms with Crippen LogP contribution in [0.15, 0.2) is 0 Å². The first-order valence-corrected chi connectivity index (χ1v) is 6.87. The summed E-state index contributed by atoms with van der Waals surface area (Å²) in [4.78, 5) is 8.36. The fraction of sp³-hybridized carbons (Fsp3) is 1.00. The predicted octanol–water partition coefficient (Wildman–Crippen LogP) is -4.43. The molecule has 0 atom stereocenters. The molecule has 4 nitrogen and oxygen atoms in total. The van der Waals surface area contributed by atoms with Gasteiger partial charge in [0.25, 0.3) is 0 Å². The molecule has 0 amide bonds. The maximum absolute atomic E-state index is 9.91. The van der Waals surface area contributed by atoms with Crippen LogP contribution in [-0.4, -0.2) is 13.9 Å². The van der Waals surface area contributed by atoms with Crippen LogP contribution >= 0.6 is 0 Å². The van der Waals surface area contributed by atoms with E-state index in [0.717, 1.165) is 12.8 Å². The van der Waals surface area contributed by atoms with Crippen molar-refractivity contribution in [2.45, 2.75) is 71.1 Å². The second kappa shape index (κ2) is 23.4. The summed E-state index contributed by atoms with van der Waals surface area (Å²) in [6.07, 6.45) is 12.4. The Morgan fingerprint density at radius 1 is 0.737 bits per heavy atom. The second-order valence-electron chi connectivity index (χ2n) is 4.39. The Balaban J connectivity index is -0.00000128. The van der Waals surface area contributed by atoms with Gasteiger partial charge in [0.1, 0.15) is 7.32 Å². The molecule has 0 aliphatic rings. The Morgan fingerprint density at radius 2 is 1.16 bits per heavy atom. The minimum absolute atomic E-state index is 0. The zero-order chi connectivity index (χ0) is 12.8. The van der Waals surface area contributed by atoms with Gasteiger partial charge in [-0.3, -0.25) is 4.89 Å². The fourth-order valence-corrected chi connectivity index (χ4v) is 1.75. The van der Waals surface area contributed by atoms with Crippen molar-refractivity contribution in [3.63, 3.8) is 0 Å². The molecule has 102 valence electrons. The molecule has 0 aromatic carbocycles. The maximum Gasteiger partial charge on any atom is 1.00 e. The quantitative estimate of drug-likeness (QED) is 0.149. The van der Waals surface area contributed by atoms with Gasteiger partial charge in [-0.25, -0.2) is 0 Å². The van der Waals surface area contributed by atoms with Gasteiger partial charge in [-0.1, -0.05) is 64.7 Å². The monoisotopic (exact) mass is 322 g/mol. The second-order valence-corrected chi connectivity index (χ2v) is 4.39. The first-order valence-electron chi connectivity index (χ1n) is 6.87. The van der Waals surface area contributed by atoms with E-state index in [1.165, 1.54) is 51.4 Å². The molecular formula is C12H25BK2O4. The molecule has 19 heavy (non-hydrogen) atoms. The first-order chi connectivity index (χ1) is 8.27. The topological polar surface area (TPSA) is 64.6 Å². The molecule has 0 N–H and O–H groups in total. The number of hydrogen-bond donors (Lipinski definition) is 0. The molecule has 0 bridgehead atoms. The largest absolute Gasteiger partial charge is 1.00 e. The molecule has 7 heteroatoms. The van der Waals surface area contributed by atoms with E-state index in [0.29, 0.717) is 6.61 Å². The molecule has 0 aliphatic heterocycles. The van der Waals surface area contributed by atoms with Gasteiger partial charge >= 0.3 is 103 Å². The smallest absolute Gasteiger partial charge is 0.868 e. The molecule has 0 aromatic heterocycles. The predicted molar refractivity (Wildman–Crippen MR) is 64.6 cm³/mol. The molecule has 0 unspecified atom stereocenters. The van der Waals surface area contributed by atoms with Gasteiger partial charge in [0.2, 0.25) is 0 Å². The maximum atomic E-state index is 9.91. The third-order valence-corrected chi connectivity index (χ3v) is 2.73. The van der Waals surface area contributed by atoms with Gasteiger partial charge in [0.05, 0.1) is 6.61 Å². The third-order valence-electron chi connectivity index (χ3n) is 2.73. The van der Waals surface area contributed by atoms with Gasteiger partial charge in [0.15, 0.2) is 0 Å². The van der Waals surface area contributed by atoms with Crippen LogP contribution in [-0.2, 0) is 9.69 Å². The van der Waals surface area contributed by atoms with Crippen molar-refractivity contribution in [2.75, 3.05) is 6.61 Å². The van der Waals surface area contributed by atoms with Crippen LogP contribution < -0.4 is 113 Å². The summed E-state index contributed by atoms with van der Waals surface area (Å²) >= 11 is 0. The summed E-state index contributed by atoms with van der Waals surface area (Å²) < 4.78 is 0. The van der Waals surface area contributed by atoms with Crippen molar-refractivity contribution in [1.29, 1.82) is 0 Å². The normalized spacial score (nSPS) is 9.63. The summed E-state index contributed by atoms with van der Waals surface area (Å²) in [5, 5.41) is 19.8. The average molecular weight is 322 g/mol. The van der Waals surface area contributed by atoms with Crippen LogP contribution in [0.4, 0.5) is 0 Å². The molecule has 0 spiro atoms. The van der Waals surface area contributed by atoms with Crippen LogP contribution in [0.2, 0.25) is 0 Å². The molecule has 0 heterocycles. The van der Waals surface area contributed by atoms with Gasteiger partial charge in [-0.15, -0.1) is 0 Å². The molecule has 0 aromatic rings. The summed E-state index contributed by atoms with van der Waals surface area (Å²) in [5.74, 6) is 0. The third kappa shape index (κ3) is 26.4. The van der Waals surface area contributed by atoms with E-state index in [2.05, 4.69) is 16.6 Å². The van der Waals surface area contributed by atoms with E-state index in [1.54, 1.807) is 0 Å². The van der Waals surface area contributed by atoms with Gasteiger partial charge < -0.3 is 14.9 Å². The fourth-order valence-electron chi connectivity index (χ4n) is 1.75. The van der Waals surface area contributed by atoms with E-state index in [-0.39, 0.29) is 103 Å². The minimum Gasteiger partial charge on any atom is -0.868 e. The number of rotatable bonds is 13. The van der Waals surface area contributed by atoms with Gasteiger partial charge in [0, 0.05) is 0 Å². The molecule has 0 saturated carbocycles. The Hall–Kier alpha value is 3.18. The van der Waals surface area contributed by atoms with Crippen LogP contribution in [0, 0.1) is 0 Å². The molecule has 0 fully saturated rings. The van der Waals surface area contributed by atoms with Crippen molar-refractivity contribution in [3.05, 3.63) is 0 Å². The van der Waals surface area contributed by atoms with Crippen LogP contribution in [0.25, 0.3) is 0 Å². The zero-order valence-corrected chi connectivity index (χ0v) is 19.2. The average Bonchev–Trinajstić information content (AvgIpc) is 2.30. The molecule has 0 radical (unpaired) electrons. The van der Waals surface area contributed by atoms with Crippen LogP contribution in [0.3, 0.4) is 0 Å². The van der Waals surface area contributed by atoms with Crippen molar-refractivity contribution < 1.29 is 123 Å². The minimum atomic E-state index is -2.32. The van der Waals surface area contributed by atoms with Gasteiger partial charge in [-0.2, -0.15) is 0 Å². The van der Waals surface area contributed by atoms with Crippen molar-refractivity contribution in [3.8, 4) is 0 Å². The van der Waals surface area contributed by atoms with E-state index in [9.17, 15) is 10.0 Å². The van der Waals surface area contributed by atoms with Gasteiger partial charge in [-0.05, 0) is 6.42 Å². The summed E-state index contributed by atoms with van der Waals surface area (Å²) in [5.41, 5.74) is 0. The van der Waals surface area contributed by atoms with E-state index in [4.69, 9.17) is 0 Å². The number of unbranched alkanes of at least 4 members (excludes halogenated alkanes) is 9.